The molecule has 2 aromatic carbocycles. The Labute approximate surface area is 254 Å². The van der Waals surface area contributed by atoms with Crippen molar-refractivity contribution in [3.63, 3.8) is 0 Å². The molecule has 234 valence electrons. The molecule has 12 heteroatoms. The second-order valence-electron chi connectivity index (χ2n) is 10.3. The van der Waals surface area contributed by atoms with Crippen molar-refractivity contribution in [1.82, 2.24) is 10.3 Å². The summed E-state index contributed by atoms with van der Waals surface area (Å²) in [5, 5.41) is 2.61. The number of amides is 1. The van der Waals surface area contributed by atoms with E-state index in [9.17, 15) is 18.8 Å². The molecule has 4 rings (SSSR count). The molecule has 1 aromatic heterocycles. The summed E-state index contributed by atoms with van der Waals surface area (Å²) >= 11 is 0. The van der Waals surface area contributed by atoms with Gasteiger partial charge in [-0.05, 0) is 50.1 Å². The minimum atomic E-state index is -1.20. The molecule has 0 spiro atoms. The molecule has 1 saturated heterocycles. The van der Waals surface area contributed by atoms with Crippen molar-refractivity contribution in [1.29, 1.82) is 0 Å². The zero-order chi connectivity index (χ0) is 31.6. The molecule has 4 unspecified atom stereocenters. The first-order valence-electron chi connectivity index (χ1n) is 14.0. The number of carbonyl (C=O) groups excluding carboxylic acids is 3. The van der Waals surface area contributed by atoms with Crippen LogP contribution < -0.4 is 19.5 Å². The van der Waals surface area contributed by atoms with Crippen LogP contribution in [0.15, 0.2) is 60.8 Å². The first-order chi connectivity index (χ1) is 21.1. The van der Waals surface area contributed by atoms with Crippen LogP contribution in [-0.2, 0) is 30.2 Å². The molecular weight excluding hydrogens is 575 g/mol. The van der Waals surface area contributed by atoms with E-state index in [0.29, 0.717) is 12.2 Å². The highest BCUT2D eigenvalue weighted by atomic mass is 19.1. The quantitative estimate of drug-likeness (QED) is 0.267. The fourth-order valence-corrected chi connectivity index (χ4v) is 4.64. The molecule has 44 heavy (non-hydrogen) atoms. The molecule has 4 atom stereocenters. The standard InChI is InChI=1S/C32H35FN2O9/c1-19-5-11-24(12-6-19)44-28-17-40-16-26(32(38)43-20(2)25(28)15-22-7-9-23(33)10-8-22)35-31(37)29-30(42-18-41-21(3)36)27(39-4)13-14-34-29/h5-14,20,25-26,28H,15-18H2,1-4H3,(H,35,37). The number of esters is 2. The Morgan fingerprint density at radius 2 is 1.80 bits per heavy atom. The first kappa shape index (κ1) is 32.2. The summed E-state index contributed by atoms with van der Waals surface area (Å²) < 4.78 is 47.3. The van der Waals surface area contributed by atoms with E-state index in [4.69, 9.17) is 28.4 Å². The summed E-state index contributed by atoms with van der Waals surface area (Å²) in [4.78, 5) is 42.0. The SMILES string of the molecule is COc1ccnc(C(=O)NC2COCC(Oc3ccc(C)cc3)C(Cc3ccc(F)cc3)C(C)OC2=O)c1OCOC(C)=O. The van der Waals surface area contributed by atoms with E-state index in [1.807, 2.05) is 31.2 Å². The van der Waals surface area contributed by atoms with Crippen LogP contribution in [0.2, 0.25) is 0 Å². The minimum absolute atomic E-state index is 0.0707. The van der Waals surface area contributed by atoms with Crippen molar-refractivity contribution >= 4 is 17.8 Å². The third-order valence-corrected chi connectivity index (χ3v) is 7.00. The van der Waals surface area contributed by atoms with Crippen LogP contribution in [0, 0.1) is 18.7 Å². The molecule has 2 heterocycles. The van der Waals surface area contributed by atoms with Gasteiger partial charge in [0, 0.05) is 25.1 Å². The maximum Gasteiger partial charge on any atom is 0.331 e. The molecule has 0 radical (unpaired) electrons. The van der Waals surface area contributed by atoms with E-state index in [0.717, 1.165) is 11.1 Å². The van der Waals surface area contributed by atoms with Crippen LogP contribution >= 0.6 is 0 Å². The summed E-state index contributed by atoms with van der Waals surface area (Å²) in [6, 6.07) is 13.9. The third-order valence-electron chi connectivity index (χ3n) is 7.00. The van der Waals surface area contributed by atoms with Crippen LogP contribution in [0.5, 0.6) is 17.2 Å². The summed E-state index contributed by atoms with van der Waals surface area (Å²) in [5.74, 6) is -2.12. The maximum absolute atomic E-state index is 13.6. The van der Waals surface area contributed by atoms with Crippen LogP contribution in [0.1, 0.15) is 35.5 Å². The number of aromatic nitrogens is 1. The molecule has 1 amide bonds. The lowest BCUT2D eigenvalue weighted by Gasteiger charge is -2.31. The number of pyridine rings is 1. The summed E-state index contributed by atoms with van der Waals surface area (Å²) in [6.07, 6.45) is 0.505. The monoisotopic (exact) mass is 610 g/mol. The van der Waals surface area contributed by atoms with Crippen molar-refractivity contribution in [2.45, 2.75) is 45.4 Å². The number of nitrogens with zero attached hydrogens (tertiary/aromatic N) is 1. The molecular formula is C32H35FN2O9. The number of carbonyl (C=O) groups is 3. The molecule has 0 aliphatic carbocycles. The number of halogens is 1. The predicted molar refractivity (Wildman–Crippen MR) is 155 cm³/mol. The van der Waals surface area contributed by atoms with E-state index in [2.05, 4.69) is 10.3 Å². The largest absolute Gasteiger partial charge is 0.493 e. The van der Waals surface area contributed by atoms with Crippen molar-refractivity contribution in [3.05, 3.63) is 83.4 Å². The molecule has 11 nitrogen and oxygen atoms in total. The second kappa shape index (κ2) is 15.1. The van der Waals surface area contributed by atoms with E-state index >= 15 is 0 Å². The van der Waals surface area contributed by atoms with Crippen LogP contribution in [0.4, 0.5) is 4.39 Å². The molecule has 1 fully saturated rings. The zero-order valence-electron chi connectivity index (χ0n) is 24.9. The number of ether oxygens (including phenoxy) is 6. The molecule has 1 aliphatic heterocycles. The minimum Gasteiger partial charge on any atom is -0.493 e. The Morgan fingerprint density at radius 1 is 1.07 bits per heavy atom. The highest BCUT2D eigenvalue weighted by molar-refractivity contribution is 5.98. The van der Waals surface area contributed by atoms with Gasteiger partial charge in [0.15, 0.2) is 23.2 Å². The van der Waals surface area contributed by atoms with Gasteiger partial charge in [-0.1, -0.05) is 29.8 Å². The molecule has 1 N–H and O–H groups in total. The van der Waals surface area contributed by atoms with Gasteiger partial charge >= 0.3 is 11.9 Å². The van der Waals surface area contributed by atoms with E-state index in [1.165, 1.54) is 38.4 Å². The smallest absolute Gasteiger partial charge is 0.331 e. The molecule has 1 aliphatic rings. The predicted octanol–water partition coefficient (Wildman–Crippen LogP) is 3.80. The Balaban J connectivity index is 1.55. The number of methoxy groups -OCH3 is 1. The average molecular weight is 611 g/mol. The number of cyclic esters (lactones) is 1. The number of aryl methyl sites for hydroxylation is 1. The Morgan fingerprint density at radius 3 is 2.48 bits per heavy atom. The fourth-order valence-electron chi connectivity index (χ4n) is 4.64. The van der Waals surface area contributed by atoms with Crippen molar-refractivity contribution in [2.75, 3.05) is 27.1 Å². The third kappa shape index (κ3) is 8.66. The van der Waals surface area contributed by atoms with Gasteiger partial charge in [-0.2, -0.15) is 0 Å². The van der Waals surface area contributed by atoms with Gasteiger partial charge in [-0.15, -0.1) is 0 Å². The van der Waals surface area contributed by atoms with E-state index < -0.39 is 42.9 Å². The van der Waals surface area contributed by atoms with Gasteiger partial charge in [-0.3, -0.25) is 9.59 Å². The second-order valence-corrected chi connectivity index (χ2v) is 10.3. The average Bonchev–Trinajstić information content (AvgIpc) is 3.04. The topological polar surface area (TPSA) is 132 Å². The lowest BCUT2D eigenvalue weighted by Crippen LogP contribution is -2.46. The number of hydrogen-bond acceptors (Lipinski definition) is 10. The Kier molecular flexibility index (Phi) is 11.1. The number of hydrogen-bond donors (Lipinski definition) is 1. The molecule has 0 bridgehead atoms. The zero-order valence-corrected chi connectivity index (χ0v) is 24.9. The highest BCUT2D eigenvalue weighted by Gasteiger charge is 2.37. The summed E-state index contributed by atoms with van der Waals surface area (Å²) in [7, 11) is 1.37. The maximum atomic E-state index is 13.6. The Hall–Kier alpha value is -4.71. The lowest BCUT2D eigenvalue weighted by molar-refractivity contribution is -0.154. The van der Waals surface area contributed by atoms with Gasteiger partial charge < -0.3 is 33.7 Å². The summed E-state index contributed by atoms with van der Waals surface area (Å²) in [5.41, 5.74) is 1.69. The van der Waals surface area contributed by atoms with Gasteiger partial charge in [0.1, 0.15) is 23.8 Å². The van der Waals surface area contributed by atoms with E-state index in [-0.39, 0.29) is 42.1 Å². The van der Waals surface area contributed by atoms with Crippen LogP contribution in [0.25, 0.3) is 0 Å². The first-order valence-corrected chi connectivity index (χ1v) is 14.0. The highest BCUT2D eigenvalue weighted by Crippen LogP contribution is 2.30. The Bertz CT molecular complexity index is 1430. The van der Waals surface area contributed by atoms with Crippen molar-refractivity contribution < 1.29 is 47.2 Å². The van der Waals surface area contributed by atoms with Gasteiger partial charge in [0.2, 0.25) is 6.79 Å². The number of nitrogens with one attached hydrogen (secondary N) is 1. The van der Waals surface area contributed by atoms with Gasteiger partial charge in [0.05, 0.1) is 20.3 Å². The number of rotatable bonds is 10. The fraction of sp³-hybridized carbons (Fsp3) is 0.375. The van der Waals surface area contributed by atoms with Crippen molar-refractivity contribution in [3.8, 4) is 17.2 Å². The lowest BCUT2D eigenvalue weighted by atomic mass is 9.89. The molecule has 0 saturated carbocycles. The van der Waals surface area contributed by atoms with E-state index in [1.54, 1.807) is 19.1 Å². The van der Waals surface area contributed by atoms with Crippen LogP contribution in [0.3, 0.4) is 0 Å². The van der Waals surface area contributed by atoms with Gasteiger partial charge in [0.25, 0.3) is 5.91 Å². The van der Waals surface area contributed by atoms with Crippen LogP contribution in [-0.4, -0.2) is 68.2 Å². The number of benzene rings is 2. The normalized spacial score (nSPS) is 20.2. The van der Waals surface area contributed by atoms with Crippen molar-refractivity contribution in [2.24, 2.45) is 5.92 Å². The van der Waals surface area contributed by atoms with Gasteiger partial charge in [-0.25, -0.2) is 14.2 Å². The molecule has 3 aromatic rings. The summed E-state index contributed by atoms with van der Waals surface area (Å²) in [6.45, 7) is 4.29.